The molecule has 1 rings (SSSR count). The fourth-order valence-electron chi connectivity index (χ4n) is 2.51. The van der Waals surface area contributed by atoms with Crippen molar-refractivity contribution in [1.82, 2.24) is 4.90 Å². The van der Waals surface area contributed by atoms with Crippen molar-refractivity contribution in [2.45, 2.75) is 51.9 Å². The van der Waals surface area contributed by atoms with Gasteiger partial charge in [0.1, 0.15) is 0 Å². The number of rotatable bonds is 7. The van der Waals surface area contributed by atoms with Gasteiger partial charge in [0.15, 0.2) is 0 Å². The summed E-state index contributed by atoms with van der Waals surface area (Å²) in [5.74, 6) is 1.96. The molecule has 0 saturated carbocycles. The number of piperidine rings is 1. The number of thiol groups is 1. The average Bonchev–Trinajstić information content (AvgIpc) is 2.28. The maximum atomic E-state index is 4.38. The summed E-state index contributed by atoms with van der Waals surface area (Å²) in [6.07, 6.45) is 9.73. The van der Waals surface area contributed by atoms with E-state index in [-0.39, 0.29) is 0 Å². The van der Waals surface area contributed by atoms with E-state index >= 15 is 0 Å². The van der Waals surface area contributed by atoms with Gasteiger partial charge in [-0.1, -0.05) is 26.2 Å². The second kappa shape index (κ2) is 8.46. The van der Waals surface area contributed by atoms with Crippen molar-refractivity contribution in [1.29, 1.82) is 0 Å². The van der Waals surface area contributed by atoms with E-state index in [2.05, 4.69) is 24.5 Å². The van der Waals surface area contributed by atoms with Crippen LogP contribution in [0.15, 0.2) is 0 Å². The fourth-order valence-corrected chi connectivity index (χ4v) is 2.87. The van der Waals surface area contributed by atoms with E-state index in [9.17, 15) is 0 Å². The Morgan fingerprint density at radius 1 is 1.13 bits per heavy atom. The number of unbranched alkanes of at least 4 members (excludes halogenated alkanes) is 1. The van der Waals surface area contributed by atoms with Crippen LogP contribution < -0.4 is 0 Å². The lowest BCUT2D eigenvalue weighted by molar-refractivity contribution is 0.187. The van der Waals surface area contributed by atoms with Gasteiger partial charge in [0.05, 0.1) is 0 Å². The molecule has 15 heavy (non-hydrogen) atoms. The normalized spacial score (nSPS) is 20.4. The van der Waals surface area contributed by atoms with Gasteiger partial charge in [-0.15, -0.1) is 0 Å². The molecule has 0 aromatic carbocycles. The Labute approximate surface area is 101 Å². The summed E-state index contributed by atoms with van der Waals surface area (Å²) in [6, 6.07) is 0. The average molecular weight is 229 g/mol. The third-order valence-corrected chi connectivity index (χ3v) is 3.73. The van der Waals surface area contributed by atoms with Gasteiger partial charge in [-0.25, -0.2) is 0 Å². The minimum atomic E-state index is 0.903. The molecule has 0 spiro atoms. The van der Waals surface area contributed by atoms with Crippen molar-refractivity contribution < 1.29 is 0 Å². The summed E-state index contributed by atoms with van der Waals surface area (Å²) in [6.45, 7) is 6.31. The lowest BCUT2D eigenvalue weighted by atomic mass is 9.97. The van der Waals surface area contributed by atoms with E-state index in [1.165, 1.54) is 64.6 Å². The molecule has 0 N–H and O–H groups in total. The van der Waals surface area contributed by atoms with Gasteiger partial charge in [-0.3, -0.25) is 0 Å². The third-order valence-electron chi connectivity index (χ3n) is 3.47. The van der Waals surface area contributed by atoms with Gasteiger partial charge in [0.2, 0.25) is 0 Å². The second-order valence-electron chi connectivity index (χ2n) is 4.88. The first-order chi connectivity index (χ1) is 7.36. The summed E-state index contributed by atoms with van der Waals surface area (Å²) < 4.78 is 0. The highest BCUT2D eigenvalue weighted by Gasteiger charge is 2.15. The van der Waals surface area contributed by atoms with Crippen LogP contribution in [0, 0.1) is 5.92 Å². The summed E-state index contributed by atoms with van der Waals surface area (Å²) in [4.78, 5) is 2.67. The van der Waals surface area contributed by atoms with E-state index < -0.39 is 0 Å². The number of likely N-dealkylation sites (tertiary alicyclic amines) is 1. The first-order valence-electron chi connectivity index (χ1n) is 6.70. The maximum absolute atomic E-state index is 4.38. The van der Waals surface area contributed by atoms with Crippen LogP contribution in [0.2, 0.25) is 0 Å². The van der Waals surface area contributed by atoms with Gasteiger partial charge < -0.3 is 4.90 Å². The van der Waals surface area contributed by atoms with Crippen LogP contribution in [0.4, 0.5) is 0 Å². The van der Waals surface area contributed by atoms with Crippen LogP contribution >= 0.6 is 12.6 Å². The first kappa shape index (κ1) is 13.4. The summed E-state index contributed by atoms with van der Waals surface area (Å²) in [5, 5.41) is 0. The molecule has 0 aliphatic carbocycles. The Morgan fingerprint density at radius 2 is 1.87 bits per heavy atom. The first-order valence-corrected chi connectivity index (χ1v) is 7.33. The molecule has 1 nitrogen and oxygen atoms in total. The van der Waals surface area contributed by atoms with Crippen molar-refractivity contribution in [3.63, 3.8) is 0 Å². The third kappa shape index (κ3) is 5.82. The molecular weight excluding hydrogens is 202 g/mol. The molecule has 0 aromatic rings. The van der Waals surface area contributed by atoms with Crippen LogP contribution in [0.25, 0.3) is 0 Å². The highest BCUT2D eigenvalue weighted by atomic mass is 32.1. The van der Waals surface area contributed by atoms with Gasteiger partial charge in [-0.05, 0) is 50.4 Å². The Kier molecular flexibility index (Phi) is 7.54. The lowest BCUT2D eigenvalue weighted by Gasteiger charge is -2.30. The van der Waals surface area contributed by atoms with Crippen molar-refractivity contribution in [3.05, 3.63) is 0 Å². The second-order valence-corrected chi connectivity index (χ2v) is 5.33. The molecule has 1 unspecified atom stereocenters. The monoisotopic (exact) mass is 229 g/mol. The lowest BCUT2D eigenvalue weighted by Crippen LogP contribution is -2.34. The molecule has 1 fully saturated rings. The van der Waals surface area contributed by atoms with E-state index in [0.717, 1.165) is 11.7 Å². The largest absolute Gasteiger partial charge is 0.303 e. The molecule has 1 atom stereocenters. The van der Waals surface area contributed by atoms with Gasteiger partial charge in [0.25, 0.3) is 0 Å². The zero-order valence-corrected chi connectivity index (χ0v) is 11.1. The number of hydrogen-bond acceptors (Lipinski definition) is 2. The standard InChI is InChI=1S/C13H27NS/c1-2-3-7-13(8-11-15)12-14-9-5-4-6-10-14/h13,15H,2-12H2,1H3. The van der Waals surface area contributed by atoms with E-state index in [4.69, 9.17) is 0 Å². The fraction of sp³-hybridized carbons (Fsp3) is 1.00. The number of hydrogen-bond donors (Lipinski definition) is 1. The molecule has 1 heterocycles. The smallest absolute Gasteiger partial charge is 0.000995 e. The van der Waals surface area contributed by atoms with Crippen molar-refractivity contribution in [2.24, 2.45) is 5.92 Å². The molecule has 2 heteroatoms. The van der Waals surface area contributed by atoms with Gasteiger partial charge in [-0.2, -0.15) is 12.6 Å². The zero-order valence-electron chi connectivity index (χ0n) is 10.2. The molecule has 90 valence electrons. The SMILES string of the molecule is CCCCC(CCS)CN1CCCCC1. The van der Waals surface area contributed by atoms with E-state index in [1.54, 1.807) is 0 Å². The van der Waals surface area contributed by atoms with E-state index in [0.29, 0.717) is 0 Å². The van der Waals surface area contributed by atoms with Crippen LogP contribution in [-0.4, -0.2) is 30.3 Å². The van der Waals surface area contributed by atoms with Gasteiger partial charge in [0, 0.05) is 6.54 Å². The highest BCUT2D eigenvalue weighted by molar-refractivity contribution is 7.80. The minimum absolute atomic E-state index is 0.903. The topological polar surface area (TPSA) is 3.24 Å². The predicted octanol–water partition coefficient (Wildman–Crippen LogP) is 3.60. The molecule has 1 saturated heterocycles. The highest BCUT2D eigenvalue weighted by Crippen LogP contribution is 2.18. The Bertz CT molecular complexity index is 143. The van der Waals surface area contributed by atoms with Crippen molar-refractivity contribution in [2.75, 3.05) is 25.4 Å². The van der Waals surface area contributed by atoms with E-state index in [1.807, 2.05) is 0 Å². The van der Waals surface area contributed by atoms with Crippen LogP contribution in [0.5, 0.6) is 0 Å². The number of nitrogens with zero attached hydrogens (tertiary/aromatic N) is 1. The molecule has 1 aliphatic heterocycles. The minimum Gasteiger partial charge on any atom is -0.303 e. The summed E-state index contributed by atoms with van der Waals surface area (Å²) >= 11 is 4.38. The molecule has 0 bridgehead atoms. The van der Waals surface area contributed by atoms with Crippen LogP contribution in [0.3, 0.4) is 0 Å². The van der Waals surface area contributed by atoms with Crippen LogP contribution in [-0.2, 0) is 0 Å². The molecule has 0 aromatic heterocycles. The predicted molar refractivity (Wildman–Crippen MR) is 71.8 cm³/mol. The van der Waals surface area contributed by atoms with Gasteiger partial charge >= 0.3 is 0 Å². The quantitative estimate of drug-likeness (QED) is 0.653. The van der Waals surface area contributed by atoms with Crippen LogP contribution in [0.1, 0.15) is 51.9 Å². The van der Waals surface area contributed by atoms with Crippen molar-refractivity contribution >= 4 is 12.6 Å². The molecular formula is C13H27NS. The maximum Gasteiger partial charge on any atom is 0.000995 e. The van der Waals surface area contributed by atoms with Crippen molar-refractivity contribution in [3.8, 4) is 0 Å². The molecule has 1 aliphatic rings. The molecule has 0 amide bonds. The Hall–Kier alpha value is 0.310. The summed E-state index contributed by atoms with van der Waals surface area (Å²) in [5.41, 5.74) is 0. The summed E-state index contributed by atoms with van der Waals surface area (Å²) in [7, 11) is 0. The Morgan fingerprint density at radius 3 is 2.47 bits per heavy atom. The Balaban J connectivity index is 2.21. The zero-order chi connectivity index (χ0) is 10.9. The molecule has 0 radical (unpaired) electrons.